The molecule has 1 N–H and O–H groups in total. The molecule has 2 atom stereocenters. The minimum absolute atomic E-state index is 0.0711. The zero-order chi connectivity index (χ0) is 21.1. The molecule has 1 amide bonds. The summed E-state index contributed by atoms with van der Waals surface area (Å²) in [6.45, 7) is 2.03. The van der Waals surface area contributed by atoms with Crippen molar-refractivity contribution in [3.05, 3.63) is 99.0 Å². The molecule has 152 valence electrons. The van der Waals surface area contributed by atoms with E-state index in [2.05, 4.69) is 10.3 Å². The quantitative estimate of drug-likeness (QED) is 0.350. The van der Waals surface area contributed by atoms with E-state index in [0.717, 1.165) is 27.8 Å². The van der Waals surface area contributed by atoms with Crippen molar-refractivity contribution in [3.63, 3.8) is 0 Å². The Bertz CT molecular complexity index is 1120. The third-order valence-electron chi connectivity index (χ3n) is 5.12. The summed E-state index contributed by atoms with van der Waals surface area (Å²) in [5.41, 5.74) is 3.11. The number of amides is 1. The standard InChI is InChI=1S/C24H20Cl2N2OS/c1-15(27-23(29)24-28-21-4-2-3-5-22(21)30-24)20(17-8-12-19(26)13-9-17)14-16-6-10-18(25)11-7-16/h2-13,15,20H,14H2,1H3,(H,27,29). The van der Waals surface area contributed by atoms with Crippen LogP contribution in [0.3, 0.4) is 0 Å². The van der Waals surface area contributed by atoms with E-state index >= 15 is 0 Å². The number of hydrogen-bond acceptors (Lipinski definition) is 3. The van der Waals surface area contributed by atoms with Crippen LogP contribution >= 0.6 is 34.5 Å². The summed E-state index contributed by atoms with van der Waals surface area (Å²) >= 11 is 13.5. The second-order valence-electron chi connectivity index (χ2n) is 7.24. The fraction of sp³-hybridized carbons (Fsp3) is 0.167. The number of thiazole rings is 1. The van der Waals surface area contributed by atoms with Gasteiger partial charge in [-0.1, -0.05) is 59.6 Å². The van der Waals surface area contributed by atoms with Gasteiger partial charge in [0.15, 0.2) is 5.01 Å². The molecule has 0 aliphatic carbocycles. The molecule has 4 rings (SSSR count). The molecule has 4 aromatic rings. The van der Waals surface area contributed by atoms with Crippen molar-refractivity contribution in [1.29, 1.82) is 0 Å². The lowest BCUT2D eigenvalue weighted by Gasteiger charge is -2.25. The van der Waals surface area contributed by atoms with Crippen molar-refractivity contribution < 1.29 is 4.79 Å². The third-order valence-corrected chi connectivity index (χ3v) is 6.66. The molecule has 0 aliphatic rings. The zero-order valence-corrected chi connectivity index (χ0v) is 18.6. The van der Waals surface area contributed by atoms with Gasteiger partial charge in [0.05, 0.1) is 10.2 Å². The number of fused-ring (bicyclic) bond motifs is 1. The Balaban J connectivity index is 1.57. The lowest BCUT2D eigenvalue weighted by atomic mass is 9.86. The number of nitrogens with one attached hydrogen (secondary N) is 1. The van der Waals surface area contributed by atoms with E-state index < -0.39 is 0 Å². The Kier molecular flexibility index (Phi) is 6.38. The molecule has 0 fully saturated rings. The monoisotopic (exact) mass is 454 g/mol. The molecule has 0 bridgehead atoms. The highest BCUT2D eigenvalue weighted by molar-refractivity contribution is 7.20. The molecule has 2 unspecified atom stereocenters. The molecule has 30 heavy (non-hydrogen) atoms. The summed E-state index contributed by atoms with van der Waals surface area (Å²) in [6, 6.07) is 23.3. The average Bonchev–Trinajstić information content (AvgIpc) is 3.18. The highest BCUT2D eigenvalue weighted by Crippen LogP contribution is 2.28. The largest absolute Gasteiger partial charge is 0.347 e. The number of nitrogens with zero attached hydrogens (tertiary/aromatic N) is 1. The van der Waals surface area contributed by atoms with Crippen molar-refractivity contribution in [1.82, 2.24) is 10.3 Å². The maximum Gasteiger partial charge on any atom is 0.280 e. The van der Waals surface area contributed by atoms with Crippen molar-refractivity contribution in [2.45, 2.75) is 25.3 Å². The van der Waals surface area contributed by atoms with E-state index in [1.54, 1.807) is 0 Å². The SMILES string of the molecule is CC(NC(=O)c1nc2ccccc2s1)C(Cc1ccc(Cl)cc1)c1ccc(Cl)cc1. The van der Waals surface area contributed by atoms with Gasteiger partial charge in [0.25, 0.3) is 5.91 Å². The second-order valence-corrected chi connectivity index (χ2v) is 9.14. The molecule has 0 aliphatic heterocycles. The summed E-state index contributed by atoms with van der Waals surface area (Å²) in [5, 5.41) is 5.03. The van der Waals surface area contributed by atoms with Crippen LogP contribution < -0.4 is 5.32 Å². The summed E-state index contributed by atoms with van der Waals surface area (Å²) in [6.07, 6.45) is 0.764. The summed E-state index contributed by atoms with van der Waals surface area (Å²) in [4.78, 5) is 17.4. The Hall–Kier alpha value is -2.40. The first kappa shape index (κ1) is 20.9. The molecular formula is C24H20Cl2N2OS. The van der Waals surface area contributed by atoms with Crippen molar-refractivity contribution in [3.8, 4) is 0 Å². The zero-order valence-electron chi connectivity index (χ0n) is 16.3. The summed E-state index contributed by atoms with van der Waals surface area (Å²) in [7, 11) is 0. The minimum atomic E-state index is -0.154. The summed E-state index contributed by atoms with van der Waals surface area (Å²) in [5.74, 6) is -0.0828. The number of halogens is 2. The van der Waals surface area contributed by atoms with Gasteiger partial charge in [0.2, 0.25) is 0 Å². The van der Waals surface area contributed by atoms with E-state index in [9.17, 15) is 4.79 Å². The number of rotatable bonds is 6. The van der Waals surface area contributed by atoms with Crippen molar-refractivity contribution in [2.24, 2.45) is 0 Å². The molecule has 0 saturated carbocycles. The first-order valence-electron chi connectivity index (χ1n) is 9.66. The van der Waals surface area contributed by atoms with Crippen LogP contribution in [-0.2, 0) is 6.42 Å². The molecule has 0 radical (unpaired) electrons. The molecule has 3 aromatic carbocycles. The lowest BCUT2D eigenvalue weighted by molar-refractivity contribution is 0.0934. The van der Waals surface area contributed by atoms with Gasteiger partial charge in [0.1, 0.15) is 0 Å². The predicted molar refractivity (Wildman–Crippen MR) is 126 cm³/mol. The van der Waals surface area contributed by atoms with Gasteiger partial charge in [-0.25, -0.2) is 4.98 Å². The van der Waals surface area contributed by atoms with Crippen molar-refractivity contribution in [2.75, 3.05) is 0 Å². The number of aromatic nitrogens is 1. The van der Waals surface area contributed by atoms with Crippen LogP contribution in [0.25, 0.3) is 10.2 Å². The topological polar surface area (TPSA) is 42.0 Å². The van der Waals surface area contributed by atoms with E-state index in [1.165, 1.54) is 11.3 Å². The van der Waals surface area contributed by atoms with E-state index in [0.29, 0.717) is 15.1 Å². The number of para-hydroxylation sites is 1. The highest BCUT2D eigenvalue weighted by atomic mass is 35.5. The molecule has 0 spiro atoms. The lowest BCUT2D eigenvalue weighted by Crippen LogP contribution is -2.37. The number of carbonyl (C=O) groups excluding carboxylic acids is 1. The smallest absolute Gasteiger partial charge is 0.280 e. The van der Waals surface area contributed by atoms with Gasteiger partial charge in [-0.15, -0.1) is 11.3 Å². The van der Waals surface area contributed by atoms with Crippen LogP contribution in [-0.4, -0.2) is 16.9 Å². The Morgan fingerprint density at radius 2 is 1.60 bits per heavy atom. The first-order valence-corrected chi connectivity index (χ1v) is 11.2. The van der Waals surface area contributed by atoms with E-state index in [4.69, 9.17) is 23.2 Å². The van der Waals surface area contributed by atoms with E-state index in [-0.39, 0.29) is 17.9 Å². The van der Waals surface area contributed by atoms with E-state index in [1.807, 2.05) is 79.7 Å². The van der Waals surface area contributed by atoms with Crippen LogP contribution in [0, 0.1) is 0 Å². The number of hydrogen-bond donors (Lipinski definition) is 1. The molecule has 1 heterocycles. The summed E-state index contributed by atoms with van der Waals surface area (Å²) < 4.78 is 1.01. The average molecular weight is 455 g/mol. The normalized spacial score (nSPS) is 13.2. The minimum Gasteiger partial charge on any atom is -0.347 e. The Morgan fingerprint density at radius 3 is 2.27 bits per heavy atom. The second kappa shape index (κ2) is 9.17. The van der Waals surface area contributed by atoms with Gasteiger partial charge >= 0.3 is 0 Å². The third kappa shape index (κ3) is 4.84. The molecule has 3 nitrogen and oxygen atoms in total. The van der Waals surface area contributed by atoms with Crippen LogP contribution in [0.2, 0.25) is 10.0 Å². The number of carbonyl (C=O) groups is 1. The van der Waals surface area contributed by atoms with Gasteiger partial charge < -0.3 is 5.32 Å². The molecule has 0 saturated heterocycles. The highest BCUT2D eigenvalue weighted by Gasteiger charge is 2.23. The molecular weight excluding hydrogens is 435 g/mol. The maximum absolute atomic E-state index is 12.9. The molecule has 6 heteroatoms. The maximum atomic E-state index is 12.9. The number of benzene rings is 3. The van der Waals surface area contributed by atoms with Crippen molar-refractivity contribution >= 4 is 50.7 Å². The first-order chi connectivity index (χ1) is 14.5. The van der Waals surface area contributed by atoms with Crippen LogP contribution in [0.4, 0.5) is 0 Å². The Morgan fingerprint density at radius 1 is 0.967 bits per heavy atom. The van der Waals surface area contributed by atoms with Gasteiger partial charge in [0, 0.05) is 22.0 Å². The predicted octanol–water partition coefficient (Wildman–Crippen LogP) is 6.75. The van der Waals surface area contributed by atoms with Crippen LogP contribution in [0.15, 0.2) is 72.8 Å². The van der Waals surface area contributed by atoms with Gasteiger partial charge in [-0.3, -0.25) is 4.79 Å². The molecule has 1 aromatic heterocycles. The van der Waals surface area contributed by atoms with Gasteiger partial charge in [-0.05, 0) is 60.9 Å². The van der Waals surface area contributed by atoms with Gasteiger partial charge in [-0.2, -0.15) is 0 Å². The fourth-order valence-corrected chi connectivity index (χ4v) is 4.63. The Labute approximate surface area is 189 Å². The van der Waals surface area contributed by atoms with Crippen LogP contribution in [0.1, 0.15) is 33.8 Å². The van der Waals surface area contributed by atoms with Crippen LogP contribution in [0.5, 0.6) is 0 Å². The fourth-order valence-electron chi connectivity index (χ4n) is 3.51.